The molecule has 0 radical (unpaired) electrons. The van der Waals surface area contributed by atoms with Crippen LogP contribution in [0.25, 0.3) is 0 Å². The molecule has 0 saturated carbocycles. The summed E-state index contributed by atoms with van der Waals surface area (Å²) in [6, 6.07) is -0.134. The Kier molecular flexibility index (Phi) is 5.37. The zero-order valence-electron chi connectivity index (χ0n) is 9.50. The first-order valence-corrected chi connectivity index (χ1v) is 6.83. The van der Waals surface area contributed by atoms with Gasteiger partial charge in [-0.2, -0.15) is 0 Å². The third-order valence-electron chi connectivity index (χ3n) is 2.29. The van der Waals surface area contributed by atoms with Crippen LogP contribution in [0.1, 0.15) is 27.2 Å². The Labute approximate surface area is 87.5 Å². The molecule has 2 unspecified atom stereocenters. The Balaban J connectivity index is 4.58. The fourth-order valence-electron chi connectivity index (χ4n) is 1.29. The Hall–Kier alpha value is -0.350. The van der Waals surface area contributed by atoms with Gasteiger partial charge in [-0.3, -0.25) is 0 Å². The SMILES string of the molecule is C=C(C)C(NCCC)C(C)S(C)(=O)=O. The predicted octanol–water partition coefficient (Wildman–Crippen LogP) is 1.36. The van der Waals surface area contributed by atoms with Crippen LogP contribution in [0.5, 0.6) is 0 Å². The molecule has 0 aromatic heterocycles. The van der Waals surface area contributed by atoms with Gasteiger partial charge in [0.2, 0.25) is 0 Å². The Morgan fingerprint density at radius 2 is 2.00 bits per heavy atom. The first-order valence-electron chi connectivity index (χ1n) is 4.88. The van der Waals surface area contributed by atoms with Crippen molar-refractivity contribution in [2.75, 3.05) is 12.8 Å². The lowest BCUT2D eigenvalue weighted by molar-refractivity contribution is 0.526. The molecule has 84 valence electrons. The minimum Gasteiger partial charge on any atom is -0.309 e. The number of rotatable bonds is 6. The van der Waals surface area contributed by atoms with Gasteiger partial charge in [0.05, 0.1) is 5.25 Å². The first-order chi connectivity index (χ1) is 6.30. The van der Waals surface area contributed by atoms with Crippen LogP contribution in [-0.2, 0) is 9.84 Å². The number of sulfone groups is 1. The molecule has 0 bridgehead atoms. The normalized spacial score (nSPS) is 16.3. The van der Waals surface area contributed by atoms with Gasteiger partial charge >= 0.3 is 0 Å². The first kappa shape index (κ1) is 13.7. The molecule has 2 atom stereocenters. The number of hydrogen-bond donors (Lipinski definition) is 1. The van der Waals surface area contributed by atoms with Gasteiger partial charge in [-0.15, -0.1) is 0 Å². The van der Waals surface area contributed by atoms with Gasteiger partial charge in [0.1, 0.15) is 0 Å². The van der Waals surface area contributed by atoms with Crippen LogP contribution in [0.2, 0.25) is 0 Å². The second kappa shape index (κ2) is 5.51. The van der Waals surface area contributed by atoms with E-state index < -0.39 is 15.1 Å². The lowest BCUT2D eigenvalue weighted by Gasteiger charge is -2.24. The molecular formula is C10H21NO2S. The maximum atomic E-state index is 11.4. The summed E-state index contributed by atoms with van der Waals surface area (Å²) in [4.78, 5) is 0. The molecule has 0 aliphatic rings. The van der Waals surface area contributed by atoms with Crippen LogP contribution >= 0.6 is 0 Å². The molecule has 1 N–H and O–H groups in total. The third kappa shape index (κ3) is 4.24. The predicted molar refractivity (Wildman–Crippen MR) is 61.2 cm³/mol. The molecule has 0 aliphatic heterocycles. The van der Waals surface area contributed by atoms with Crippen molar-refractivity contribution in [2.24, 2.45) is 0 Å². The monoisotopic (exact) mass is 219 g/mol. The van der Waals surface area contributed by atoms with E-state index in [1.165, 1.54) is 6.26 Å². The van der Waals surface area contributed by atoms with E-state index in [4.69, 9.17) is 0 Å². The van der Waals surface area contributed by atoms with Crippen LogP contribution in [-0.4, -0.2) is 32.5 Å². The van der Waals surface area contributed by atoms with E-state index in [0.29, 0.717) is 0 Å². The van der Waals surface area contributed by atoms with Crippen molar-refractivity contribution in [1.82, 2.24) is 5.32 Å². The van der Waals surface area contributed by atoms with Crippen LogP contribution in [0, 0.1) is 0 Å². The fourth-order valence-corrected chi connectivity index (χ4v) is 2.11. The fraction of sp³-hybridized carbons (Fsp3) is 0.800. The maximum absolute atomic E-state index is 11.4. The largest absolute Gasteiger partial charge is 0.309 e. The van der Waals surface area contributed by atoms with Crippen molar-refractivity contribution < 1.29 is 8.42 Å². The highest BCUT2D eigenvalue weighted by molar-refractivity contribution is 7.91. The van der Waals surface area contributed by atoms with Crippen molar-refractivity contribution in [2.45, 2.75) is 38.5 Å². The molecule has 0 aliphatic carbocycles. The summed E-state index contributed by atoms with van der Waals surface area (Å²) in [5, 5.41) is 2.79. The van der Waals surface area contributed by atoms with Crippen molar-refractivity contribution in [3.8, 4) is 0 Å². The summed E-state index contributed by atoms with van der Waals surface area (Å²) in [6.07, 6.45) is 2.25. The van der Waals surface area contributed by atoms with Crippen molar-refractivity contribution in [3.05, 3.63) is 12.2 Å². The Morgan fingerprint density at radius 1 is 1.50 bits per heavy atom. The summed E-state index contributed by atoms with van der Waals surface area (Å²) in [5.41, 5.74) is 0.872. The highest BCUT2D eigenvalue weighted by Gasteiger charge is 2.25. The average molecular weight is 219 g/mol. The van der Waals surface area contributed by atoms with Crippen molar-refractivity contribution >= 4 is 9.84 Å². The van der Waals surface area contributed by atoms with Gasteiger partial charge in [0.25, 0.3) is 0 Å². The van der Waals surface area contributed by atoms with Crippen LogP contribution in [0.15, 0.2) is 12.2 Å². The molecular weight excluding hydrogens is 198 g/mol. The lowest BCUT2D eigenvalue weighted by atomic mass is 10.1. The van der Waals surface area contributed by atoms with Gasteiger partial charge in [-0.05, 0) is 26.8 Å². The second-order valence-corrected chi connectivity index (χ2v) is 6.22. The summed E-state index contributed by atoms with van der Waals surface area (Å²) in [6.45, 7) is 10.3. The topological polar surface area (TPSA) is 46.2 Å². The molecule has 0 spiro atoms. The minimum absolute atomic E-state index is 0.134. The van der Waals surface area contributed by atoms with E-state index in [2.05, 4.69) is 11.9 Å². The molecule has 0 aromatic rings. The van der Waals surface area contributed by atoms with Gasteiger partial charge in [-0.25, -0.2) is 8.42 Å². The minimum atomic E-state index is -3.00. The molecule has 0 amide bonds. The summed E-state index contributed by atoms with van der Waals surface area (Å²) < 4.78 is 22.7. The lowest BCUT2D eigenvalue weighted by Crippen LogP contribution is -2.43. The van der Waals surface area contributed by atoms with Crippen LogP contribution in [0.4, 0.5) is 0 Å². The van der Waals surface area contributed by atoms with Gasteiger partial charge < -0.3 is 5.32 Å². The van der Waals surface area contributed by atoms with E-state index in [9.17, 15) is 8.42 Å². The molecule has 3 nitrogen and oxygen atoms in total. The molecule has 0 aromatic carbocycles. The van der Waals surface area contributed by atoms with E-state index >= 15 is 0 Å². The Morgan fingerprint density at radius 3 is 2.29 bits per heavy atom. The highest BCUT2D eigenvalue weighted by atomic mass is 32.2. The molecule has 0 saturated heterocycles. The smallest absolute Gasteiger partial charge is 0.151 e. The maximum Gasteiger partial charge on any atom is 0.151 e. The van der Waals surface area contributed by atoms with E-state index in [1.807, 2.05) is 13.8 Å². The summed E-state index contributed by atoms with van der Waals surface area (Å²) in [7, 11) is -3.00. The molecule has 0 heterocycles. The Bertz CT molecular complexity index is 282. The van der Waals surface area contributed by atoms with Gasteiger partial charge in [-0.1, -0.05) is 19.1 Å². The average Bonchev–Trinajstić information content (AvgIpc) is 2.02. The zero-order chi connectivity index (χ0) is 11.4. The zero-order valence-corrected chi connectivity index (χ0v) is 10.3. The van der Waals surface area contributed by atoms with E-state index in [-0.39, 0.29) is 6.04 Å². The van der Waals surface area contributed by atoms with Crippen LogP contribution in [0.3, 0.4) is 0 Å². The van der Waals surface area contributed by atoms with E-state index in [0.717, 1.165) is 18.5 Å². The number of hydrogen-bond acceptors (Lipinski definition) is 3. The molecule has 0 rings (SSSR count). The van der Waals surface area contributed by atoms with Crippen molar-refractivity contribution in [3.63, 3.8) is 0 Å². The molecule has 0 fully saturated rings. The molecule has 4 heteroatoms. The molecule has 14 heavy (non-hydrogen) atoms. The quantitative estimate of drug-likeness (QED) is 0.686. The third-order valence-corrected chi connectivity index (χ3v) is 3.91. The standard InChI is InChI=1S/C10H21NO2S/c1-6-7-11-10(8(2)3)9(4)14(5,12)13/h9-11H,2,6-7H2,1,3-5H3. The van der Waals surface area contributed by atoms with Crippen molar-refractivity contribution in [1.29, 1.82) is 0 Å². The van der Waals surface area contributed by atoms with Crippen LogP contribution < -0.4 is 5.32 Å². The summed E-state index contributed by atoms with van der Waals surface area (Å²) in [5.74, 6) is 0. The van der Waals surface area contributed by atoms with Gasteiger partial charge in [0, 0.05) is 12.3 Å². The summed E-state index contributed by atoms with van der Waals surface area (Å²) >= 11 is 0. The number of nitrogens with one attached hydrogen (secondary N) is 1. The van der Waals surface area contributed by atoms with E-state index in [1.54, 1.807) is 6.92 Å². The van der Waals surface area contributed by atoms with Gasteiger partial charge in [0.15, 0.2) is 9.84 Å². The second-order valence-electron chi connectivity index (χ2n) is 3.81. The highest BCUT2D eigenvalue weighted by Crippen LogP contribution is 2.11.